The zero-order valence-electron chi connectivity index (χ0n) is 11.6. The third-order valence-corrected chi connectivity index (χ3v) is 3.59. The minimum Gasteiger partial charge on any atom is -0.378 e. The summed E-state index contributed by atoms with van der Waals surface area (Å²) < 4.78 is 5.68. The number of nitrogens with two attached hydrogens (primary N) is 1. The lowest BCUT2D eigenvalue weighted by atomic mass is 9.82. The van der Waals surface area contributed by atoms with Crippen LogP contribution in [0.2, 0.25) is 0 Å². The van der Waals surface area contributed by atoms with Gasteiger partial charge in [-0.05, 0) is 30.8 Å². The second kappa shape index (κ2) is 7.33. The summed E-state index contributed by atoms with van der Waals surface area (Å²) in [5.41, 5.74) is 13.1. The van der Waals surface area contributed by atoms with E-state index in [9.17, 15) is 4.79 Å². The first-order valence-corrected chi connectivity index (χ1v) is 6.69. The Morgan fingerprint density at radius 1 is 1.68 bits per heavy atom. The third-order valence-electron chi connectivity index (χ3n) is 3.59. The highest BCUT2D eigenvalue weighted by Gasteiger charge is 2.42. The van der Waals surface area contributed by atoms with Crippen molar-refractivity contribution in [1.29, 1.82) is 0 Å². The number of hydrogen-bond donors (Lipinski definition) is 2. The average Bonchev–Trinajstić information content (AvgIpc) is 2.38. The molecule has 1 rings (SSSR count). The molecule has 19 heavy (non-hydrogen) atoms. The van der Waals surface area contributed by atoms with Crippen molar-refractivity contribution in [1.82, 2.24) is 5.32 Å². The van der Waals surface area contributed by atoms with Crippen molar-refractivity contribution in [3.8, 4) is 0 Å². The number of amides is 1. The molecule has 108 valence electrons. The molecule has 0 spiro atoms. The summed E-state index contributed by atoms with van der Waals surface area (Å²) in [6.07, 6.45) is 1.92. The van der Waals surface area contributed by atoms with Crippen LogP contribution in [0.15, 0.2) is 5.11 Å². The van der Waals surface area contributed by atoms with Gasteiger partial charge in [-0.25, -0.2) is 0 Å². The minimum atomic E-state index is -0.691. The van der Waals surface area contributed by atoms with E-state index in [1.54, 1.807) is 0 Å². The third kappa shape index (κ3) is 4.38. The molecule has 2 unspecified atom stereocenters. The van der Waals surface area contributed by atoms with E-state index < -0.39 is 5.54 Å². The summed E-state index contributed by atoms with van der Waals surface area (Å²) >= 11 is 0. The molecule has 1 heterocycles. The maximum atomic E-state index is 11.8. The monoisotopic (exact) mass is 269 g/mol. The van der Waals surface area contributed by atoms with Gasteiger partial charge in [-0.3, -0.25) is 4.79 Å². The van der Waals surface area contributed by atoms with Crippen LogP contribution in [0.3, 0.4) is 0 Å². The van der Waals surface area contributed by atoms with E-state index in [4.69, 9.17) is 16.0 Å². The molecule has 1 aliphatic heterocycles. The van der Waals surface area contributed by atoms with E-state index in [1.165, 1.54) is 0 Å². The van der Waals surface area contributed by atoms with Crippen molar-refractivity contribution in [2.45, 2.75) is 44.8 Å². The fourth-order valence-corrected chi connectivity index (χ4v) is 2.31. The van der Waals surface area contributed by atoms with Crippen LogP contribution in [-0.4, -0.2) is 37.2 Å². The van der Waals surface area contributed by atoms with Gasteiger partial charge in [-0.1, -0.05) is 19.0 Å². The Balaban J connectivity index is 2.58. The molecule has 1 aliphatic rings. The molecule has 1 fully saturated rings. The summed E-state index contributed by atoms with van der Waals surface area (Å²) in [5, 5.41) is 6.71. The first-order valence-electron chi connectivity index (χ1n) is 6.69. The van der Waals surface area contributed by atoms with Crippen LogP contribution >= 0.6 is 0 Å². The lowest BCUT2D eigenvalue weighted by Crippen LogP contribution is -2.60. The lowest BCUT2D eigenvalue weighted by molar-refractivity contribution is -0.133. The number of rotatable bonds is 7. The molecule has 0 bridgehead atoms. The normalized spacial score (nSPS) is 27.0. The first-order chi connectivity index (χ1) is 9.02. The minimum absolute atomic E-state index is 0.0471. The summed E-state index contributed by atoms with van der Waals surface area (Å²) in [6.45, 7) is 5.71. The Bertz CT molecular complexity index is 354. The highest BCUT2D eigenvalue weighted by molar-refractivity contribution is 5.84. The van der Waals surface area contributed by atoms with E-state index in [2.05, 4.69) is 29.2 Å². The summed E-state index contributed by atoms with van der Waals surface area (Å²) in [5.74, 6) is 0.0225. The van der Waals surface area contributed by atoms with Gasteiger partial charge in [0.25, 0.3) is 0 Å². The fraction of sp³-hybridized carbons (Fsp3) is 0.917. The van der Waals surface area contributed by atoms with Crippen molar-refractivity contribution in [2.75, 3.05) is 19.7 Å². The lowest BCUT2D eigenvalue weighted by Gasteiger charge is -2.40. The molecule has 0 aromatic heterocycles. The van der Waals surface area contributed by atoms with Crippen LogP contribution in [0.1, 0.15) is 33.1 Å². The Hall–Kier alpha value is -1.30. The molecular formula is C12H23N5O2. The van der Waals surface area contributed by atoms with E-state index in [0.29, 0.717) is 44.9 Å². The molecule has 1 amide bonds. The van der Waals surface area contributed by atoms with Crippen molar-refractivity contribution >= 4 is 5.91 Å². The van der Waals surface area contributed by atoms with Gasteiger partial charge in [0.2, 0.25) is 5.91 Å². The maximum absolute atomic E-state index is 11.8. The molecule has 7 heteroatoms. The van der Waals surface area contributed by atoms with Crippen LogP contribution in [0.5, 0.6) is 0 Å². The number of ether oxygens (including phenoxy) is 1. The Kier molecular flexibility index (Phi) is 6.08. The highest BCUT2D eigenvalue weighted by Crippen LogP contribution is 2.28. The van der Waals surface area contributed by atoms with E-state index >= 15 is 0 Å². The molecule has 0 radical (unpaired) electrons. The summed E-state index contributed by atoms with van der Waals surface area (Å²) in [7, 11) is 0. The Morgan fingerprint density at radius 2 is 2.42 bits per heavy atom. The number of nitrogens with zero attached hydrogens (tertiary/aromatic N) is 3. The van der Waals surface area contributed by atoms with Gasteiger partial charge in [0, 0.05) is 24.5 Å². The second-order valence-corrected chi connectivity index (χ2v) is 5.29. The number of nitrogens with one attached hydrogen (secondary N) is 1. The van der Waals surface area contributed by atoms with Gasteiger partial charge in [0.15, 0.2) is 0 Å². The molecular weight excluding hydrogens is 246 g/mol. The molecule has 3 N–H and O–H groups in total. The zero-order valence-corrected chi connectivity index (χ0v) is 11.6. The topological polar surface area (TPSA) is 113 Å². The van der Waals surface area contributed by atoms with Crippen molar-refractivity contribution in [3.05, 3.63) is 10.4 Å². The molecule has 2 atom stereocenters. The van der Waals surface area contributed by atoms with E-state index in [0.717, 1.165) is 0 Å². The quantitative estimate of drug-likeness (QED) is 0.314. The number of hydrogen-bond acceptors (Lipinski definition) is 4. The molecule has 0 saturated carbocycles. The van der Waals surface area contributed by atoms with Crippen molar-refractivity contribution in [2.24, 2.45) is 16.8 Å². The Labute approximate surface area is 113 Å². The molecule has 1 saturated heterocycles. The van der Waals surface area contributed by atoms with Gasteiger partial charge in [0.05, 0.1) is 6.10 Å². The van der Waals surface area contributed by atoms with Crippen LogP contribution in [0.25, 0.3) is 10.4 Å². The average molecular weight is 269 g/mol. The second-order valence-electron chi connectivity index (χ2n) is 5.29. The van der Waals surface area contributed by atoms with Crippen LogP contribution in [-0.2, 0) is 9.53 Å². The number of carbonyl (C=O) groups is 1. The highest BCUT2D eigenvalue weighted by atomic mass is 16.5. The fourth-order valence-electron chi connectivity index (χ4n) is 2.31. The zero-order chi connectivity index (χ0) is 14.3. The van der Waals surface area contributed by atoms with Gasteiger partial charge < -0.3 is 15.8 Å². The molecule has 0 aromatic rings. The summed E-state index contributed by atoms with van der Waals surface area (Å²) in [4.78, 5) is 14.5. The molecule has 0 aliphatic carbocycles. The molecule has 0 aromatic carbocycles. The predicted molar refractivity (Wildman–Crippen MR) is 72.4 cm³/mol. The van der Waals surface area contributed by atoms with E-state index in [-0.39, 0.29) is 12.0 Å². The van der Waals surface area contributed by atoms with Crippen LogP contribution in [0.4, 0.5) is 0 Å². The number of carbonyl (C=O) groups excluding carboxylic acids is 1. The Morgan fingerprint density at radius 3 is 3.00 bits per heavy atom. The van der Waals surface area contributed by atoms with Gasteiger partial charge in [-0.2, -0.15) is 0 Å². The predicted octanol–water partition coefficient (Wildman–Crippen LogP) is 1.34. The van der Waals surface area contributed by atoms with Crippen LogP contribution in [0, 0.1) is 5.92 Å². The van der Waals surface area contributed by atoms with Crippen molar-refractivity contribution in [3.63, 3.8) is 0 Å². The summed E-state index contributed by atoms with van der Waals surface area (Å²) in [6, 6.07) is 0. The van der Waals surface area contributed by atoms with Crippen molar-refractivity contribution < 1.29 is 9.53 Å². The van der Waals surface area contributed by atoms with Gasteiger partial charge >= 0.3 is 0 Å². The van der Waals surface area contributed by atoms with Gasteiger partial charge in [0.1, 0.15) is 5.54 Å². The molecule has 7 nitrogen and oxygen atoms in total. The number of primary amides is 1. The van der Waals surface area contributed by atoms with Crippen LogP contribution < -0.4 is 11.1 Å². The SMILES string of the molecule is CC(C)C1CC(NCCCN=[N+]=[N-])(C(N)=O)CCO1. The smallest absolute Gasteiger partial charge is 0.237 e. The van der Waals surface area contributed by atoms with E-state index in [1.807, 2.05) is 0 Å². The largest absolute Gasteiger partial charge is 0.378 e. The number of azide groups is 1. The first kappa shape index (κ1) is 15.8. The van der Waals surface area contributed by atoms with Gasteiger partial charge in [-0.15, -0.1) is 0 Å². The standard InChI is InChI=1S/C12H23N5O2/c1-9(2)10-8-12(11(13)18,4-7-19-10)15-5-3-6-16-17-14/h9-10,15H,3-8H2,1-2H3,(H2,13,18). The maximum Gasteiger partial charge on any atom is 0.237 e.